The predicted molar refractivity (Wildman–Crippen MR) is 202 cm³/mol. The van der Waals surface area contributed by atoms with Gasteiger partial charge < -0.3 is 15.1 Å². The van der Waals surface area contributed by atoms with Crippen molar-refractivity contribution < 1.29 is 27.0 Å². The molecule has 2 amide bonds. The fourth-order valence-corrected chi connectivity index (χ4v) is 6.41. The third-order valence-electron chi connectivity index (χ3n) is 8.88. The van der Waals surface area contributed by atoms with Crippen LogP contribution in [0.25, 0.3) is 33.4 Å². The summed E-state index contributed by atoms with van der Waals surface area (Å²) in [6, 6.07) is 40.4. The van der Waals surface area contributed by atoms with E-state index in [0.717, 1.165) is 50.1 Å². The van der Waals surface area contributed by atoms with E-state index < -0.39 is 27.7 Å². The van der Waals surface area contributed by atoms with Crippen LogP contribution in [0.2, 0.25) is 0 Å². The molecule has 260 valence electrons. The molecule has 3 N–H and O–H groups in total. The molecule has 0 radical (unpaired) electrons. The lowest BCUT2D eigenvalue weighted by molar-refractivity contribution is -0.117. The summed E-state index contributed by atoms with van der Waals surface area (Å²) in [6.07, 6.45) is 0.340. The highest BCUT2D eigenvalue weighted by molar-refractivity contribution is 7.85. The lowest BCUT2D eigenvalue weighted by atomic mass is 9.83. The van der Waals surface area contributed by atoms with Gasteiger partial charge in [0.05, 0.1) is 11.7 Å². The number of anilines is 1. The minimum atomic E-state index is -4.22. The normalized spacial score (nSPS) is 12.4. The van der Waals surface area contributed by atoms with Gasteiger partial charge in [-0.15, -0.1) is 0 Å². The van der Waals surface area contributed by atoms with Crippen LogP contribution in [0.1, 0.15) is 53.7 Å². The molecule has 9 heteroatoms. The van der Waals surface area contributed by atoms with Crippen LogP contribution in [0.15, 0.2) is 132 Å². The average Bonchev–Trinajstić information content (AvgIpc) is 3.55. The first-order valence-electron chi connectivity index (χ1n) is 16.8. The molecule has 5 aromatic carbocycles. The first-order valence-corrected chi connectivity index (χ1v) is 18.4. The van der Waals surface area contributed by atoms with Gasteiger partial charge >= 0.3 is 0 Å². The molecule has 0 aliphatic carbocycles. The summed E-state index contributed by atoms with van der Waals surface area (Å²) >= 11 is 0. The van der Waals surface area contributed by atoms with Gasteiger partial charge in [0.25, 0.3) is 16.0 Å². The summed E-state index contributed by atoms with van der Waals surface area (Å²) in [5.74, 6) is -1.07. The molecule has 6 aromatic rings. The molecule has 0 aliphatic rings. The number of hydrogen-bond acceptors (Lipinski definition) is 5. The Morgan fingerprint density at radius 3 is 2.14 bits per heavy atom. The second-order valence-electron chi connectivity index (χ2n) is 13.6. The highest BCUT2D eigenvalue weighted by Gasteiger charge is 2.25. The molecular formula is C42H40N2O6S. The van der Waals surface area contributed by atoms with Gasteiger partial charge in [0.1, 0.15) is 11.3 Å². The Balaban J connectivity index is 1.31. The van der Waals surface area contributed by atoms with Gasteiger partial charge in [-0.1, -0.05) is 99.6 Å². The Morgan fingerprint density at radius 1 is 0.784 bits per heavy atom. The highest BCUT2D eigenvalue weighted by atomic mass is 32.2. The van der Waals surface area contributed by atoms with Crippen molar-refractivity contribution in [1.29, 1.82) is 0 Å². The van der Waals surface area contributed by atoms with E-state index in [9.17, 15) is 18.0 Å². The number of para-hydroxylation sites is 1. The zero-order valence-corrected chi connectivity index (χ0v) is 29.5. The van der Waals surface area contributed by atoms with E-state index in [2.05, 4.69) is 43.5 Å². The van der Waals surface area contributed by atoms with Crippen molar-refractivity contribution in [3.8, 4) is 22.5 Å². The van der Waals surface area contributed by atoms with Crippen LogP contribution in [-0.2, 0) is 26.7 Å². The topological polar surface area (TPSA) is 126 Å². The SMILES string of the molecule is CC(C)(C)c1ccc(C(Cc2ccc(C(=O)NCCS(=O)(=O)O)cc2-c2ccccc2)C(=O)Nc2ccc(-c3cc4ccccc4o3)cc2)cc1. The van der Waals surface area contributed by atoms with E-state index in [1.807, 2.05) is 103 Å². The molecule has 0 fully saturated rings. The summed E-state index contributed by atoms with van der Waals surface area (Å²) in [7, 11) is -4.22. The Labute approximate surface area is 298 Å². The lowest BCUT2D eigenvalue weighted by Crippen LogP contribution is -2.29. The molecule has 1 heterocycles. The second kappa shape index (κ2) is 14.8. The van der Waals surface area contributed by atoms with Crippen molar-refractivity contribution in [1.82, 2.24) is 5.32 Å². The first kappa shape index (κ1) is 35.3. The van der Waals surface area contributed by atoms with Gasteiger partial charge in [0.15, 0.2) is 0 Å². The highest BCUT2D eigenvalue weighted by Crippen LogP contribution is 2.33. The lowest BCUT2D eigenvalue weighted by Gasteiger charge is -2.23. The molecule has 8 nitrogen and oxygen atoms in total. The average molecular weight is 701 g/mol. The molecule has 51 heavy (non-hydrogen) atoms. The molecule has 1 unspecified atom stereocenters. The van der Waals surface area contributed by atoms with Crippen molar-refractivity contribution in [3.63, 3.8) is 0 Å². The number of rotatable bonds is 11. The minimum absolute atomic E-state index is 0.0594. The number of furan rings is 1. The van der Waals surface area contributed by atoms with Gasteiger partial charge in [-0.25, -0.2) is 0 Å². The molecule has 0 bridgehead atoms. The summed E-state index contributed by atoms with van der Waals surface area (Å²) < 4.78 is 37.4. The van der Waals surface area contributed by atoms with E-state index in [1.54, 1.807) is 12.1 Å². The zero-order chi connectivity index (χ0) is 36.2. The Bertz CT molecular complexity index is 2240. The molecule has 0 aliphatic heterocycles. The zero-order valence-electron chi connectivity index (χ0n) is 28.7. The summed E-state index contributed by atoms with van der Waals surface area (Å²) in [4.78, 5) is 27.2. The molecule has 1 atom stereocenters. The number of benzene rings is 5. The van der Waals surface area contributed by atoms with Crippen LogP contribution in [0.5, 0.6) is 0 Å². The van der Waals surface area contributed by atoms with E-state index in [0.29, 0.717) is 17.7 Å². The summed E-state index contributed by atoms with van der Waals surface area (Å²) in [5, 5.41) is 6.71. The van der Waals surface area contributed by atoms with Crippen molar-refractivity contribution >= 4 is 38.6 Å². The molecule has 0 spiro atoms. The van der Waals surface area contributed by atoms with Gasteiger partial charge in [-0.05, 0) is 88.2 Å². The number of hydrogen-bond donors (Lipinski definition) is 3. The maximum atomic E-state index is 14.2. The van der Waals surface area contributed by atoms with E-state index in [-0.39, 0.29) is 17.9 Å². The van der Waals surface area contributed by atoms with Crippen LogP contribution in [0.3, 0.4) is 0 Å². The molecular weight excluding hydrogens is 661 g/mol. The Hall–Kier alpha value is -5.51. The Morgan fingerprint density at radius 2 is 1.47 bits per heavy atom. The third kappa shape index (κ3) is 8.81. The van der Waals surface area contributed by atoms with E-state index in [1.165, 1.54) is 0 Å². The van der Waals surface area contributed by atoms with Gasteiger partial charge in [0.2, 0.25) is 5.91 Å². The number of amides is 2. The third-order valence-corrected chi connectivity index (χ3v) is 9.60. The van der Waals surface area contributed by atoms with Crippen molar-refractivity contribution in [2.24, 2.45) is 0 Å². The first-order chi connectivity index (χ1) is 24.3. The minimum Gasteiger partial charge on any atom is -0.456 e. The van der Waals surface area contributed by atoms with Gasteiger partial charge in [-0.3, -0.25) is 14.1 Å². The van der Waals surface area contributed by atoms with Crippen LogP contribution in [0, 0.1) is 0 Å². The second-order valence-corrected chi connectivity index (χ2v) is 15.2. The molecule has 0 saturated heterocycles. The number of nitrogens with one attached hydrogen (secondary N) is 2. The van der Waals surface area contributed by atoms with Crippen LogP contribution in [0.4, 0.5) is 5.69 Å². The van der Waals surface area contributed by atoms with Crippen LogP contribution < -0.4 is 10.6 Å². The fraction of sp³-hybridized carbons (Fsp3) is 0.190. The molecule has 1 aromatic heterocycles. The van der Waals surface area contributed by atoms with Crippen molar-refractivity contribution in [2.45, 2.75) is 38.5 Å². The maximum Gasteiger partial charge on any atom is 0.266 e. The van der Waals surface area contributed by atoms with Gasteiger partial charge in [0, 0.05) is 28.7 Å². The van der Waals surface area contributed by atoms with Crippen LogP contribution >= 0.6 is 0 Å². The van der Waals surface area contributed by atoms with E-state index in [4.69, 9.17) is 8.97 Å². The smallest absolute Gasteiger partial charge is 0.266 e. The quantitative estimate of drug-likeness (QED) is 0.116. The largest absolute Gasteiger partial charge is 0.456 e. The number of fused-ring (bicyclic) bond motifs is 1. The van der Waals surface area contributed by atoms with Crippen molar-refractivity contribution in [3.05, 3.63) is 150 Å². The predicted octanol–water partition coefficient (Wildman–Crippen LogP) is 8.65. The van der Waals surface area contributed by atoms with Crippen LogP contribution in [-0.4, -0.2) is 37.1 Å². The molecule has 6 rings (SSSR count). The Kier molecular flexibility index (Phi) is 10.2. The van der Waals surface area contributed by atoms with Gasteiger partial charge in [-0.2, -0.15) is 8.42 Å². The van der Waals surface area contributed by atoms with Crippen molar-refractivity contribution in [2.75, 3.05) is 17.6 Å². The van der Waals surface area contributed by atoms with E-state index >= 15 is 0 Å². The standard InChI is InChI=1S/C42H40N2O6S/c1-42(2,3)34-19-15-29(16-20-34)37(41(46)44-35-21-17-30(18-22-35)39-27-32-11-7-8-12-38(32)50-39)25-31-13-14-33(40(45)43-23-24-51(47,48)49)26-36(31)28-9-5-4-6-10-28/h4-22,26-27,37H,23-25H2,1-3H3,(H,43,45)(H,44,46)(H,47,48,49). The monoisotopic (exact) mass is 700 g/mol. The maximum absolute atomic E-state index is 14.2. The fourth-order valence-electron chi connectivity index (χ4n) is 6.05. The molecule has 0 saturated carbocycles. The summed E-state index contributed by atoms with van der Waals surface area (Å²) in [5.41, 5.74) is 7.13. The number of carbonyl (C=O) groups is 2. The number of carbonyl (C=O) groups excluding carboxylic acids is 2. The summed E-state index contributed by atoms with van der Waals surface area (Å²) in [6.45, 7) is 6.21.